The lowest BCUT2D eigenvalue weighted by molar-refractivity contribution is 0.992. The van der Waals surface area contributed by atoms with Crippen molar-refractivity contribution in [1.82, 2.24) is 22.8 Å². The molecule has 0 unspecified atom stereocenters. The minimum absolute atomic E-state index is 0.618. The number of aliphatic imine (C=N–C) groups is 1. The van der Waals surface area contributed by atoms with Gasteiger partial charge in [-0.2, -0.15) is 0 Å². The molecule has 0 aliphatic carbocycles. The van der Waals surface area contributed by atoms with Gasteiger partial charge in [-0.25, -0.2) is 0 Å². The molecule has 0 aliphatic heterocycles. The maximum absolute atomic E-state index is 5.84. The molecule has 0 amide bonds. The third-order valence-corrected chi connectivity index (χ3v) is 17.2. The number of benzene rings is 12. The van der Waals surface area contributed by atoms with Crippen LogP contribution in [0.1, 0.15) is 18.1 Å². The summed E-state index contributed by atoms with van der Waals surface area (Å²) < 4.78 is 12.8. The van der Waals surface area contributed by atoms with Gasteiger partial charge in [-0.3, -0.25) is 4.99 Å². The predicted molar refractivity (Wildman–Crippen MR) is 346 cm³/mol. The summed E-state index contributed by atoms with van der Waals surface area (Å²) in [6.07, 6.45) is 0. The van der Waals surface area contributed by atoms with Crippen molar-refractivity contribution in [3.63, 3.8) is 0 Å². The van der Waals surface area contributed by atoms with Crippen LogP contribution in [0.2, 0.25) is 0 Å². The Morgan fingerprint density at radius 3 is 0.659 bits per heavy atom. The van der Waals surface area contributed by atoms with Crippen LogP contribution in [-0.2, 0) is 0 Å². The van der Waals surface area contributed by atoms with Crippen LogP contribution >= 0.6 is 0 Å². The molecule has 0 fully saturated rings. The number of rotatable bonds is 8. The highest BCUT2D eigenvalue weighted by molar-refractivity contribution is 6.19. The molecule has 0 saturated heterocycles. The van der Waals surface area contributed by atoms with Crippen molar-refractivity contribution in [2.24, 2.45) is 4.99 Å². The van der Waals surface area contributed by atoms with Gasteiger partial charge in [0.25, 0.3) is 0 Å². The normalized spacial score (nSPS) is 12.3. The van der Waals surface area contributed by atoms with Gasteiger partial charge in [-0.1, -0.05) is 219 Å². The van der Waals surface area contributed by atoms with E-state index in [2.05, 4.69) is 303 Å². The molecular weight excluding hydrogens is 997 g/mol. The fraction of sp³-hybridized carbons (Fsp3) is 0.0132. The van der Waals surface area contributed by atoms with Gasteiger partial charge in [0.15, 0.2) is 0 Å². The lowest BCUT2D eigenvalue weighted by Crippen LogP contribution is -2.19. The van der Waals surface area contributed by atoms with Crippen LogP contribution in [-0.4, -0.2) is 28.5 Å². The molecule has 0 saturated carbocycles. The van der Waals surface area contributed by atoms with Crippen molar-refractivity contribution < 1.29 is 0 Å². The molecule has 17 rings (SSSR count). The van der Waals surface area contributed by atoms with Gasteiger partial charge in [-0.05, 0) is 73.2 Å². The highest BCUT2D eigenvalue weighted by Gasteiger charge is 2.37. The van der Waals surface area contributed by atoms with E-state index in [4.69, 9.17) is 11.6 Å². The number of para-hydroxylation sites is 10. The second-order valence-corrected chi connectivity index (χ2v) is 21.5. The molecule has 12 aromatic carbocycles. The summed E-state index contributed by atoms with van der Waals surface area (Å²) in [6.45, 7) is 7.42. The van der Waals surface area contributed by atoms with Crippen LogP contribution < -0.4 is 0 Å². The second kappa shape index (κ2) is 17.8. The standard InChI is InChI=1S/C76H50N6/c1-48(50-26-4-3-5-27-50)77-49(2)71-72(78-61-38-16-6-28-51(61)52-29-7-17-39-62(52)78)74(80-65-42-20-10-32-55(65)56-33-11-21-43-66(56)80)76(82-69-46-24-14-36-59(69)60-37-15-25-47-70(60)82)75(81-67-44-22-12-34-57(67)58-35-13-23-45-68(58)81)73(71)79-63-40-18-8-30-53(63)54-31-9-19-41-64(54)79/h3-47H,2H2,1H3. The maximum Gasteiger partial charge on any atom is 0.0991 e. The molecule has 5 heterocycles. The summed E-state index contributed by atoms with van der Waals surface area (Å²) in [7, 11) is 0. The number of aromatic nitrogens is 5. The van der Waals surface area contributed by atoms with E-state index in [0.29, 0.717) is 5.70 Å². The molecule has 5 aromatic heterocycles. The lowest BCUT2D eigenvalue weighted by atomic mass is 9.98. The Morgan fingerprint density at radius 1 is 0.244 bits per heavy atom. The first-order valence-corrected chi connectivity index (χ1v) is 28.1. The van der Waals surface area contributed by atoms with Gasteiger partial charge in [-0.15, -0.1) is 0 Å². The van der Waals surface area contributed by atoms with Crippen molar-refractivity contribution in [1.29, 1.82) is 0 Å². The number of nitrogens with zero attached hydrogens (tertiary/aromatic N) is 6. The third-order valence-electron chi connectivity index (χ3n) is 17.2. The number of hydrogen-bond donors (Lipinski definition) is 0. The summed E-state index contributed by atoms with van der Waals surface area (Å²) >= 11 is 0. The molecule has 17 aromatic rings. The van der Waals surface area contributed by atoms with Gasteiger partial charge in [0.05, 0.1) is 94.9 Å². The van der Waals surface area contributed by atoms with E-state index >= 15 is 0 Å². The van der Waals surface area contributed by atoms with E-state index in [9.17, 15) is 0 Å². The lowest BCUT2D eigenvalue weighted by Gasteiger charge is -2.31. The monoisotopic (exact) mass is 1050 g/mol. The van der Waals surface area contributed by atoms with Crippen LogP contribution in [0.4, 0.5) is 0 Å². The number of fused-ring (bicyclic) bond motifs is 15. The highest BCUT2D eigenvalue weighted by Crippen LogP contribution is 2.53. The van der Waals surface area contributed by atoms with Crippen molar-refractivity contribution in [3.8, 4) is 28.4 Å². The van der Waals surface area contributed by atoms with E-state index in [1.807, 2.05) is 0 Å². The first-order valence-electron chi connectivity index (χ1n) is 28.1. The molecule has 82 heavy (non-hydrogen) atoms. The first-order chi connectivity index (χ1) is 40.6. The SMILES string of the molecule is C=C(N=C(C)c1ccccc1)c1c(-n2c3ccccc3c3ccccc32)c(-n2c3ccccc3c3ccccc32)c(-n2c3ccccc3c3ccccc32)c(-n2c3ccccc3c3ccccc32)c1-n1c2ccccc2c2ccccc21. The van der Waals surface area contributed by atoms with Gasteiger partial charge >= 0.3 is 0 Å². The quantitative estimate of drug-likeness (QED) is 0.136. The zero-order chi connectivity index (χ0) is 54.2. The van der Waals surface area contributed by atoms with Crippen LogP contribution in [0, 0.1) is 0 Å². The smallest absolute Gasteiger partial charge is 0.0991 e. The first kappa shape index (κ1) is 46.0. The number of hydrogen-bond acceptors (Lipinski definition) is 1. The van der Waals surface area contributed by atoms with E-state index in [1.165, 1.54) is 0 Å². The summed E-state index contributed by atoms with van der Waals surface area (Å²) in [6, 6.07) is 99.8. The summed E-state index contributed by atoms with van der Waals surface area (Å²) in [5, 5.41) is 11.5. The van der Waals surface area contributed by atoms with Gasteiger partial charge < -0.3 is 22.8 Å². The molecule has 0 radical (unpaired) electrons. The molecule has 0 aliphatic rings. The Bertz CT molecular complexity index is 5040. The Kier molecular flexibility index (Phi) is 9.98. The van der Waals surface area contributed by atoms with Crippen LogP contribution in [0.5, 0.6) is 0 Å². The Balaban J connectivity index is 1.27. The minimum atomic E-state index is 0.618. The van der Waals surface area contributed by atoms with E-state index in [0.717, 1.165) is 154 Å². The fourth-order valence-corrected chi connectivity index (χ4v) is 13.8. The van der Waals surface area contributed by atoms with Crippen molar-refractivity contribution >= 4 is 120 Å². The summed E-state index contributed by atoms with van der Waals surface area (Å²) in [5.41, 5.74) is 18.9. The predicted octanol–water partition coefficient (Wildman–Crippen LogP) is 19.7. The Morgan fingerprint density at radius 2 is 0.427 bits per heavy atom. The van der Waals surface area contributed by atoms with Gasteiger partial charge in [0.1, 0.15) is 0 Å². The zero-order valence-electron chi connectivity index (χ0n) is 44.9. The molecule has 6 nitrogen and oxygen atoms in total. The Labute approximate surface area is 471 Å². The average Bonchev–Trinajstić information content (AvgIpc) is 1.98. The van der Waals surface area contributed by atoms with E-state index in [1.54, 1.807) is 0 Å². The molecule has 384 valence electrons. The Hall–Kier alpha value is -11.0. The van der Waals surface area contributed by atoms with Crippen molar-refractivity contribution in [3.05, 3.63) is 291 Å². The van der Waals surface area contributed by atoms with E-state index in [-0.39, 0.29) is 0 Å². The highest BCUT2D eigenvalue weighted by atomic mass is 15.2. The fourth-order valence-electron chi connectivity index (χ4n) is 13.8. The van der Waals surface area contributed by atoms with Crippen LogP contribution in [0.15, 0.2) is 285 Å². The summed E-state index contributed by atoms with van der Waals surface area (Å²) in [5.74, 6) is 0. The molecule has 6 heteroatoms. The van der Waals surface area contributed by atoms with E-state index < -0.39 is 0 Å². The van der Waals surface area contributed by atoms with Crippen molar-refractivity contribution in [2.45, 2.75) is 6.92 Å². The average molecular weight is 1050 g/mol. The summed E-state index contributed by atoms with van der Waals surface area (Å²) in [4.78, 5) is 5.84. The van der Waals surface area contributed by atoms with Crippen LogP contribution in [0.25, 0.3) is 143 Å². The zero-order valence-corrected chi connectivity index (χ0v) is 44.9. The molecule has 0 bridgehead atoms. The molecule has 0 spiro atoms. The van der Waals surface area contributed by atoms with Crippen molar-refractivity contribution in [2.75, 3.05) is 0 Å². The second-order valence-electron chi connectivity index (χ2n) is 21.5. The molecule has 0 N–H and O–H groups in total. The maximum atomic E-state index is 5.84. The van der Waals surface area contributed by atoms with Gasteiger partial charge in [0.2, 0.25) is 0 Å². The van der Waals surface area contributed by atoms with Crippen LogP contribution in [0.3, 0.4) is 0 Å². The van der Waals surface area contributed by atoms with Gasteiger partial charge in [0, 0.05) is 59.6 Å². The minimum Gasteiger partial charge on any atom is -0.306 e. The third kappa shape index (κ3) is 6.43. The molecule has 0 atom stereocenters. The molecular formula is C76H50N6. The largest absolute Gasteiger partial charge is 0.306 e. The topological polar surface area (TPSA) is 37.0 Å².